The Labute approximate surface area is 197 Å². The van der Waals surface area contributed by atoms with Crippen LogP contribution in [0.2, 0.25) is 10.0 Å². The lowest BCUT2D eigenvalue weighted by molar-refractivity contribution is -0.125. The quantitative estimate of drug-likeness (QED) is 0.485. The predicted molar refractivity (Wildman–Crippen MR) is 123 cm³/mol. The van der Waals surface area contributed by atoms with Gasteiger partial charge in [-0.3, -0.25) is 9.48 Å². The van der Waals surface area contributed by atoms with E-state index in [1.165, 1.54) is 0 Å². The lowest BCUT2D eigenvalue weighted by atomic mass is 10.0. The summed E-state index contributed by atoms with van der Waals surface area (Å²) in [5.41, 5.74) is 2.51. The van der Waals surface area contributed by atoms with Crippen LogP contribution < -0.4 is 10.1 Å². The zero-order valence-corrected chi connectivity index (χ0v) is 19.4. The summed E-state index contributed by atoms with van der Waals surface area (Å²) in [4.78, 5) is 18.0. The Morgan fingerprint density at radius 2 is 2.03 bits per heavy atom. The number of carbonyl (C=O) groups is 1. The van der Waals surface area contributed by atoms with E-state index in [1.54, 1.807) is 30.1 Å². The third-order valence-corrected chi connectivity index (χ3v) is 5.99. The van der Waals surface area contributed by atoms with Crippen molar-refractivity contribution in [1.82, 2.24) is 9.78 Å². The van der Waals surface area contributed by atoms with Crippen LogP contribution in [-0.2, 0) is 16.2 Å². The fraction of sp³-hybridized carbons (Fsp3) is 0.190. The number of halogens is 3. The van der Waals surface area contributed by atoms with Gasteiger partial charge in [0, 0.05) is 12.6 Å². The number of benzene rings is 2. The third-order valence-electron chi connectivity index (χ3n) is 4.67. The number of nitrogens with one attached hydrogen (secondary N) is 1. The molecule has 0 radical (unpaired) electrons. The van der Waals surface area contributed by atoms with Gasteiger partial charge < -0.3 is 14.9 Å². The fourth-order valence-corrected chi connectivity index (χ4v) is 3.79. The highest BCUT2D eigenvalue weighted by atomic mass is 79.9. The van der Waals surface area contributed by atoms with Gasteiger partial charge in [0.25, 0.3) is 5.91 Å². The number of amides is 1. The number of carbonyl (C=O) groups excluding carboxylic acids is 1. The third kappa shape index (κ3) is 5.03. The normalized spacial score (nSPS) is 15.4. The van der Waals surface area contributed by atoms with Gasteiger partial charge in [0.15, 0.2) is 5.82 Å². The highest BCUT2D eigenvalue weighted by molar-refractivity contribution is 9.10. The first kappa shape index (κ1) is 21.7. The van der Waals surface area contributed by atoms with Gasteiger partial charge in [-0.2, -0.15) is 5.10 Å². The molecule has 2 heterocycles. The molecule has 0 aliphatic carbocycles. The Hall–Kier alpha value is -2.55. The average molecular weight is 524 g/mol. The van der Waals surface area contributed by atoms with Crippen molar-refractivity contribution in [2.75, 3.05) is 12.4 Å². The maximum absolute atomic E-state index is 12.7. The first-order valence-electron chi connectivity index (χ1n) is 9.28. The summed E-state index contributed by atoms with van der Waals surface area (Å²) in [6.45, 7) is 0.468. The molecule has 7 nitrogen and oxygen atoms in total. The fourth-order valence-electron chi connectivity index (χ4n) is 3.06. The molecule has 160 valence electrons. The highest BCUT2D eigenvalue weighted by Crippen LogP contribution is 2.26. The van der Waals surface area contributed by atoms with Gasteiger partial charge in [0.2, 0.25) is 6.10 Å². The first-order valence-corrected chi connectivity index (χ1v) is 10.8. The van der Waals surface area contributed by atoms with Crippen molar-refractivity contribution in [3.05, 3.63) is 74.3 Å². The molecule has 1 aromatic heterocycles. The number of oxime groups is 1. The lowest BCUT2D eigenvalue weighted by Gasteiger charge is -2.08. The van der Waals surface area contributed by atoms with E-state index in [-0.39, 0.29) is 5.91 Å². The summed E-state index contributed by atoms with van der Waals surface area (Å²) < 4.78 is 7.50. The molecule has 0 bridgehead atoms. The molecule has 0 saturated heterocycles. The molecule has 1 aliphatic heterocycles. The molecule has 0 fully saturated rings. The summed E-state index contributed by atoms with van der Waals surface area (Å²) in [5.74, 6) is 0.818. The Morgan fingerprint density at radius 1 is 1.26 bits per heavy atom. The largest absolute Gasteiger partial charge is 0.497 e. The van der Waals surface area contributed by atoms with Gasteiger partial charge >= 0.3 is 0 Å². The zero-order chi connectivity index (χ0) is 22.0. The Morgan fingerprint density at radius 3 is 2.74 bits per heavy atom. The second-order valence-corrected chi connectivity index (χ2v) is 8.49. The van der Waals surface area contributed by atoms with E-state index in [1.807, 2.05) is 30.3 Å². The monoisotopic (exact) mass is 522 g/mol. The number of methoxy groups -OCH3 is 1. The van der Waals surface area contributed by atoms with E-state index >= 15 is 0 Å². The Kier molecular flexibility index (Phi) is 6.50. The van der Waals surface area contributed by atoms with Crippen molar-refractivity contribution >= 4 is 56.6 Å². The summed E-state index contributed by atoms with van der Waals surface area (Å²) in [5, 5.41) is 12.2. The van der Waals surface area contributed by atoms with Gasteiger partial charge in [-0.25, -0.2) is 0 Å². The molecule has 1 N–H and O–H groups in total. The van der Waals surface area contributed by atoms with Gasteiger partial charge in [-0.1, -0.05) is 34.4 Å². The molecule has 1 atom stereocenters. The number of hydrogen-bond acceptors (Lipinski definition) is 5. The minimum absolute atomic E-state index is 0.326. The average Bonchev–Trinajstić information content (AvgIpc) is 3.38. The van der Waals surface area contributed by atoms with E-state index < -0.39 is 6.10 Å². The number of hydrogen-bond donors (Lipinski definition) is 1. The summed E-state index contributed by atoms with van der Waals surface area (Å²) >= 11 is 15.5. The van der Waals surface area contributed by atoms with Gasteiger partial charge in [-0.15, -0.1) is 0 Å². The molecule has 1 amide bonds. The molecule has 1 unspecified atom stereocenters. The van der Waals surface area contributed by atoms with Crippen LogP contribution >= 0.6 is 39.1 Å². The molecule has 2 aromatic carbocycles. The molecule has 1 aliphatic rings. The smallest absolute Gasteiger partial charge is 0.269 e. The number of anilines is 1. The van der Waals surface area contributed by atoms with Crippen LogP contribution in [0.4, 0.5) is 5.82 Å². The Bertz CT molecular complexity index is 1150. The van der Waals surface area contributed by atoms with E-state index in [4.69, 9.17) is 32.8 Å². The molecule has 3 aromatic rings. The topological polar surface area (TPSA) is 77.7 Å². The number of nitrogens with zero attached hydrogens (tertiary/aromatic N) is 3. The Balaban J connectivity index is 1.38. The second kappa shape index (κ2) is 9.30. The van der Waals surface area contributed by atoms with Gasteiger partial charge in [0.05, 0.1) is 33.9 Å². The molecule has 31 heavy (non-hydrogen) atoms. The molecule has 0 saturated carbocycles. The van der Waals surface area contributed by atoms with Gasteiger partial charge in [0.1, 0.15) is 5.75 Å². The van der Waals surface area contributed by atoms with E-state index in [9.17, 15) is 4.79 Å². The van der Waals surface area contributed by atoms with Gasteiger partial charge in [-0.05, 0) is 63.5 Å². The van der Waals surface area contributed by atoms with Crippen molar-refractivity contribution in [1.29, 1.82) is 0 Å². The maximum atomic E-state index is 12.7. The number of aromatic nitrogens is 2. The van der Waals surface area contributed by atoms with Crippen LogP contribution in [0.5, 0.6) is 5.75 Å². The van der Waals surface area contributed by atoms with Crippen molar-refractivity contribution in [2.45, 2.75) is 19.1 Å². The van der Waals surface area contributed by atoms with Crippen molar-refractivity contribution in [2.24, 2.45) is 5.16 Å². The summed E-state index contributed by atoms with van der Waals surface area (Å²) in [7, 11) is 1.61. The minimum atomic E-state index is -0.732. The first-order chi connectivity index (χ1) is 14.9. The van der Waals surface area contributed by atoms with Crippen LogP contribution in [0.25, 0.3) is 0 Å². The van der Waals surface area contributed by atoms with Crippen LogP contribution in [0.15, 0.2) is 58.3 Å². The standard InChI is InChI=1S/C21H17BrCl2N4O3/c1-30-14-5-3-13(4-6-14)18-9-19(31-27-18)21(29)25-20-15(22)11-28(26-20)10-12-2-7-16(23)17(24)8-12/h2-8,11,19H,9-10H2,1H3,(H,25,26,29). The predicted octanol–water partition coefficient (Wildman–Crippen LogP) is 5.14. The van der Waals surface area contributed by atoms with Crippen LogP contribution in [0, 0.1) is 0 Å². The minimum Gasteiger partial charge on any atom is -0.497 e. The SMILES string of the molecule is COc1ccc(C2=NOC(C(=O)Nc3nn(Cc4ccc(Cl)c(Cl)c4)cc3Br)C2)cc1. The highest BCUT2D eigenvalue weighted by Gasteiger charge is 2.30. The van der Waals surface area contributed by atoms with E-state index in [2.05, 4.69) is 31.5 Å². The molecular formula is C21H17BrCl2N4O3. The van der Waals surface area contributed by atoms with E-state index in [0.717, 1.165) is 16.9 Å². The molecule has 4 rings (SSSR count). The zero-order valence-electron chi connectivity index (χ0n) is 16.3. The molecule has 0 spiro atoms. The van der Waals surface area contributed by atoms with Crippen LogP contribution in [-0.4, -0.2) is 34.6 Å². The number of rotatable bonds is 6. The van der Waals surface area contributed by atoms with Crippen molar-refractivity contribution in [3.8, 4) is 5.75 Å². The maximum Gasteiger partial charge on any atom is 0.269 e. The summed E-state index contributed by atoms with van der Waals surface area (Å²) in [6, 6.07) is 12.8. The summed E-state index contributed by atoms with van der Waals surface area (Å²) in [6.07, 6.45) is 1.40. The van der Waals surface area contributed by atoms with Crippen LogP contribution in [0.1, 0.15) is 17.5 Å². The van der Waals surface area contributed by atoms with Crippen LogP contribution in [0.3, 0.4) is 0 Å². The second-order valence-electron chi connectivity index (χ2n) is 6.83. The van der Waals surface area contributed by atoms with Crippen molar-refractivity contribution < 1.29 is 14.4 Å². The molecular weight excluding hydrogens is 507 g/mol. The van der Waals surface area contributed by atoms with E-state index in [0.29, 0.717) is 39.0 Å². The lowest BCUT2D eigenvalue weighted by Crippen LogP contribution is -2.28. The number of ether oxygens (including phenoxy) is 1. The molecule has 10 heteroatoms. The van der Waals surface area contributed by atoms with Crippen molar-refractivity contribution in [3.63, 3.8) is 0 Å².